The summed E-state index contributed by atoms with van der Waals surface area (Å²) in [5, 5.41) is 0.462. The molecule has 1 aromatic carbocycles. The Morgan fingerprint density at radius 1 is 1.17 bits per heavy atom. The Kier molecular flexibility index (Phi) is 4.57. The van der Waals surface area contributed by atoms with Crippen LogP contribution in [0.25, 0.3) is 0 Å². The zero-order valence-corrected chi connectivity index (χ0v) is 13.1. The van der Waals surface area contributed by atoms with Crippen LogP contribution >= 0.6 is 39.1 Å². The molecule has 0 amide bonds. The molecule has 1 aliphatic heterocycles. The third-order valence-corrected chi connectivity index (χ3v) is 6.12. The van der Waals surface area contributed by atoms with Crippen molar-refractivity contribution in [2.24, 2.45) is 0 Å². The molecule has 1 saturated heterocycles. The molecule has 1 aromatic rings. The second-order valence-electron chi connectivity index (χ2n) is 3.71. The second kappa shape index (κ2) is 5.64. The molecule has 0 aliphatic carbocycles. The maximum atomic E-state index is 12.4. The molecule has 0 atom stereocenters. The van der Waals surface area contributed by atoms with E-state index in [4.69, 9.17) is 27.9 Å². The summed E-state index contributed by atoms with van der Waals surface area (Å²) >= 11 is 15.1. The lowest BCUT2D eigenvalue weighted by atomic mass is 10.4. The van der Waals surface area contributed by atoms with Gasteiger partial charge in [0.15, 0.2) is 0 Å². The first-order valence-electron chi connectivity index (χ1n) is 5.15. The van der Waals surface area contributed by atoms with Crippen LogP contribution in [-0.2, 0) is 14.8 Å². The summed E-state index contributed by atoms with van der Waals surface area (Å²) in [5.74, 6) is 0. The van der Waals surface area contributed by atoms with Gasteiger partial charge in [-0.05, 0) is 28.1 Å². The van der Waals surface area contributed by atoms with Gasteiger partial charge in [-0.2, -0.15) is 4.31 Å². The highest BCUT2D eigenvalue weighted by atomic mass is 79.9. The molecule has 0 bridgehead atoms. The maximum Gasteiger partial charge on any atom is 0.244 e. The Morgan fingerprint density at radius 2 is 1.78 bits per heavy atom. The van der Waals surface area contributed by atoms with Gasteiger partial charge < -0.3 is 4.74 Å². The fraction of sp³-hybridized carbons (Fsp3) is 0.400. The standard InChI is InChI=1S/C10H10BrCl2NO3S/c11-7-5-9(13)10(6-8(7)12)18(15,16)14-1-3-17-4-2-14/h5-6H,1-4H2. The molecule has 100 valence electrons. The number of sulfonamides is 1. The van der Waals surface area contributed by atoms with Gasteiger partial charge in [-0.25, -0.2) is 8.42 Å². The van der Waals surface area contributed by atoms with E-state index in [2.05, 4.69) is 15.9 Å². The summed E-state index contributed by atoms with van der Waals surface area (Å²) in [5.41, 5.74) is 0. The SMILES string of the molecule is O=S(=O)(c1cc(Cl)c(Br)cc1Cl)N1CCOCC1. The van der Waals surface area contributed by atoms with Crippen molar-refractivity contribution in [3.63, 3.8) is 0 Å². The van der Waals surface area contributed by atoms with Crippen LogP contribution in [0, 0.1) is 0 Å². The van der Waals surface area contributed by atoms with Crippen LogP contribution in [0.5, 0.6) is 0 Å². The average molecular weight is 375 g/mol. The van der Waals surface area contributed by atoms with E-state index in [0.29, 0.717) is 35.8 Å². The highest BCUT2D eigenvalue weighted by Crippen LogP contribution is 2.33. The summed E-state index contributed by atoms with van der Waals surface area (Å²) < 4.78 is 31.8. The van der Waals surface area contributed by atoms with Crippen molar-refractivity contribution in [1.82, 2.24) is 4.31 Å². The first kappa shape index (κ1) is 14.6. The Morgan fingerprint density at radius 3 is 2.39 bits per heavy atom. The zero-order valence-electron chi connectivity index (χ0n) is 9.20. The molecule has 4 nitrogen and oxygen atoms in total. The number of morpholine rings is 1. The number of rotatable bonds is 2. The van der Waals surface area contributed by atoms with Gasteiger partial charge in [0.25, 0.3) is 0 Å². The van der Waals surface area contributed by atoms with E-state index >= 15 is 0 Å². The molecule has 8 heteroatoms. The lowest BCUT2D eigenvalue weighted by molar-refractivity contribution is 0.0730. The minimum atomic E-state index is -3.62. The lowest BCUT2D eigenvalue weighted by Crippen LogP contribution is -2.40. The second-order valence-corrected chi connectivity index (χ2v) is 7.29. The highest BCUT2D eigenvalue weighted by Gasteiger charge is 2.28. The first-order valence-corrected chi connectivity index (χ1v) is 8.14. The van der Waals surface area contributed by atoms with Crippen LogP contribution < -0.4 is 0 Å². The topological polar surface area (TPSA) is 46.6 Å². The molecule has 1 fully saturated rings. The van der Waals surface area contributed by atoms with Crippen LogP contribution in [0.3, 0.4) is 0 Å². The predicted octanol–water partition coefficient (Wildman–Crippen LogP) is 2.78. The molecule has 18 heavy (non-hydrogen) atoms. The van der Waals surface area contributed by atoms with Crippen LogP contribution in [-0.4, -0.2) is 39.0 Å². The summed E-state index contributed by atoms with van der Waals surface area (Å²) in [6.45, 7) is 1.43. The van der Waals surface area contributed by atoms with Gasteiger partial charge in [-0.15, -0.1) is 0 Å². The summed E-state index contributed by atoms with van der Waals surface area (Å²) in [7, 11) is -3.62. The fourth-order valence-corrected chi connectivity index (χ4v) is 4.27. The van der Waals surface area contributed by atoms with Gasteiger partial charge >= 0.3 is 0 Å². The van der Waals surface area contributed by atoms with Gasteiger partial charge in [0.05, 0.1) is 23.3 Å². The van der Waals surface area contributed by atoms with E-state index in [1.807, 2.05) is 0 Å². The number of nitrogens with zero attached hydrogens (tertiary/aromatic N) is 1. The number of halogens is 3. The summed E-state index contributed by atoms with van der Waals surface area (Å²) in [4.78, 5) is 0.0271. The normalized spacial score (nSPS) is 17.9. The number of hydrogen-bond donors (Lipinski definition) is 0. The molecule has 1 aliphatic rings. The molecule has 0 N–H and O–H groups in total. The van der Waals surface area contributed by atoms with Gasteiger partial charge in [0, 0.05) is 17.6 Å². The van der Waals surface area contributed by atoms with Crippen molar-refractivity contribution >= 4 is 49.2 Å². The van der Waals surface area contributed by atoms with Crippen molar-refractivity contribution in [1.29, 1.82) is 0 Å². The number of benzene rings is 1. The molecule has 2 rings (SSSR count). The van der Waals surface area contributed by atoms with Gasteiger partial charge in [0.1, 0.15) is 4.90 Å². The van der Waals surface area contributed by atoms with Gasteiger partial charge in [-0.3, -0.25) is 0 Å². The van der Waals surface area contributed by atoms with E-state index in [0.717, 1.165) is 0 Å². The Hall–Kier alpha value is 0.150. The van der Waals surface area contributed by atoms with E-state index in [1.54, 1.807) is 0 Å². The van der Waals surface area contributed by atoms with Crippen LogP contribution in [0.1, 0.15) is 0 Å². The van der Waals surface area contributed by atoms with Gasteiger partial charge in [0.2, 0.25) is 10.0 Å². The lowest BCUT2D eigenvalue weighted by Gasteiger charge is -2.26. The minimum Gasteiger partial charge on any atom is -0.379 e. The van der Waals surface area contributed by atoms with Crippen molar-refractivity contribution in [2.75, 3.05) is 26.3 Å². The molecule has 0 radical (unpaired) electrons. The van der Waals surface area contributed by atoms with Crippen molar-refractivity contribution in [2.45, 2.75) is 4.90 Å². The molecular weight excluding hydrogens is 365 g/mol. The van der Waals surface area contributed by atoms with Gasteiger partial charge in [-0.1, -0.05) is 23.2 Å². The highest BCUT2D eigenvalue weighted by molar-refractivity contribution is 9.10. The molecule has 0 spiro atoms. The summed E-state index contributed by atoms with van der Waals surface area (Å²) in [6, 6.07) is 2.84. The average Bonchev–Trinajstić information content (AvgIpc) is 2.34. The predicted molar refractivity (Wildman–Crippen MR) is 73.7 cm³/mol. The quantitative estimate of drug-likeness (QED) is 0.747. The third kappa shape index (κ3) is 2.84. The van der Waals surface area contributed by atoms with Crippen molar-refractivity contribution in [3.05, 3.63) is 26.7 Å². The van der Waals surface area contributed by atoms with Crippen LogP contribution in [0.4, 0.5) is 0 Å². The third-order valence-electron chi connectivity index (χ3n) is 2.56. The monoisotopic (exact) mass is 373 g/mol. The van der Waals surface area contributed by atoms with E-state index in [-0.39, 0.29) is 9.92 Å². The summed E-state index contributed by atoms with van der Waals surface area (Å²) in [6.07, 6.45) is 0. The Bertz CT molecular complexity index is 558. The van der Waals surface area contributed by atoms with Crippen molar-refractivity contribution in [3.8, 4) is 0 Å². The first-order chi connectivity index (χ1) is 8.43. The van der Waals surface area contributed by atoms with E-state index < -0.39 is 10.0 Å². The zero-order chi connectivity index (χ0) is 13.3. The Balaban J connectivity index is 2.43. The minimum absolute atomic E-state index is 0.0271. The van der Waals surface area contributed by atoms with Crippen LogP contribution in [0.2, 0.25) is 10.0 Å². The molecule has 0 saturated carbocycles. The molecule has 1 heterocycles. The molecule has 0 aromatic heterocycles. The van der Waals surface area contributed by atoms with Crippen LogP contribution in [0.15, 0.2) is 21.5 Å². The Labute approximate surface area is 124 Å². The smallest absolute Gasteiger partial charge is 0.244 e. The number of ether oxygens (including phenoxy) is 1. The largest absolute Gasteiger partial charge is 0.379 e. The van der Waals surface area contributed by atoms with E-state index in [1.165, 1.54) is 16.4 Å². The maximum absolute atomic E-state index is 12.4. The fourth-order valence-electron chi connectivity index (χ4n) is 1.63. The molecular formula is C10H10BrCl2NO3S. The number of hydrogen-bond acceptors (Lipinski definition) is 3. The van der Waals surface area contributed by atoms with E-state index in [9.17, 15) is 8.42 Å². The van der Waals surface area contributed by atoms with Crippen molar-refractivity contribution < 1.29 is 13.2 Å². The molecule has 0 unspecified atom stereocenters.